The molecule has 140 valence electrons. The number of hydrogen-bond acceptors (Lipinski definition) is 3. The van der Waals surface area contributed by atoms with E-state index in [0.29, 0.717) is 28.8 Å². The minimum Gasteiger partial charge on any atom is -0.449 e. The molecule has 3 rings (SSSR count). The molecule has 0 aliphatic heterocycles. The first kappa shape index (κ1) is 18.7. The van der Waals surface area contributed by atoms with Crippen molar-refractivity contribution in [2.24, 2.45) is 0 Å². The van der Waals surface area contributed by atoms with Gasteiger partial charge in [-0.3, -0.25) is 9.59 Å². The second kappa shape index (κ2) is 8.54. The maximum atomic E-state index is 12.8. The van der Waals surface area contributed by atoms with E-state index in [1.54, 1.807) is 6.07 Å². The van der Waals surface area contributed by atoms with Crippen molar-refractivity contribution in [1.29, 1.82) is 0 Å². The lowest BCUT2D eigenvalue weighted by Gasteiger charge is -2.08. The maximum Gasteiger partial charge on any atom is 0.293 e. The number of para-hydroxylation sites is 1. The van der Waals surface area contributed by atoms with Gasteiger partial charge in [-0.25, -0.2) is 0 Å². The fourth-order valence-corrected chi connectivity index (χ4v) is 2.88. The lowest BCUT2D eigenvalue weighted by Crippen LogP contribution is -2.16. The predicted molar refractivity (Wildman–Crippen MR) is 108 cm³/mol. The van der Waals surface area contributed by atoms with Gasteiger partial charge in [0.15, 0.2) is 0 Å². The first-order valence-electron chi connectivity index (χ1n) is 9.34. The Morgan fingerprint density at radius 2 is 1.70 bits per heavy atom. The summed E-state index contributed by atoms with van der Waals surface area (Å²) in [7, 11) is 0. The van der Waals surface area contributed by atoms with Crippen LogP contribution in [0, 0.1) is 0 Å². The first-order chi connectivity index (χ1) is 13.1. The summed E-state index contributed by atoms with van der Waals surface area (Å²) >= 11 is 0. The van der Waals surface area contributed by atoms with Crippen LogP contribution in [0.4, 0.5) is 11.4 Å². The van der Waals surface area contributed by atoms with Gasteiger partial charge in [0.25, 0.3) is 5.91 Å². The zero-order chi connectivity index (χ0) is 19.2. The Kier molecular flexibility index (Phi) is 5.91. The molecule has 2 aromatic carbocycles. The molecule has 0 radical (unpaired) electrons. The van der Waals surface area contributed by atoms with E-state index in [1.807, 2.05) is 49.4 Å². The molecule has 5 nitrogen and oxygen atoms in total. The largest absolute Gasteiger partial charge is 0.449 e. The van der Waals surface area contributed by atoms with Crippen LogP contribution in [0.2, 0.25) is 0 Å². The lowest BCUT2D eigenvalue weighted by molar-refractivity contribution is -0.116. The summed E-state index contributed by atoms with van der Waals surface area (Å²) < 4.78 is 5.76. The van der Waals surface area contributed by atoms with Gasteiger partial charge in [-0.1, -0.05) is 44.5 Å². The van der Waals surface area contributed by atoms with Crippen molar-refractivity contribution in [2.75, 3.05) is 10.6 Å². The second-order valence-corrected chi connectivity index (χ2v) is 6.46. The highest BCUT2D eigenvalue weighted by atomic mass is 16.3. The van der Waals surface area contributed by atoms with Gasteiger partial charge in [0.2, 0.25) is 11.7 Å². The quantitative estimate of drug-likeness (QED) is 0.591. The van der Waals surface area contributed by atoms with Crippen LogP contribution in [0.25, 0.3) is 11.0 Å². The molecular weight excluding hydrogens is 340 g/mol. The van der Waals surface area contributed by atoms with Gasteiger partial charge in [0.1, 0.15) is 11.3 Å². The number of unbranched alkanes of at least 4 members (excludes halogenated alkanes) is 1. The maximum absolute atomic E-state index is 12.8. The average molecular weight is 364 g/mol. The molecule has 27 heavy (non-hydrogen) atoms. The number of benzene rings is 2. The van der Waals surface area contributed by atoms with Crippen LogP contribution < -0.4 is 10.6 Å². The summed E-state index contributed by atoms with van der Waals surface area (Å²) in [6, 6.07) is 15.0. The third kappa shape index (κ3) is 4.37. The minimum atomic E-state index is -0.388. The van der Waals surface area contributed by atoms with Crippen molar-refractivity contribution in [3.8, 4) is 0 Å². The predicted octanol–water partition coefficient (Wildman–Crippen LogP) is 5.38. The van der Waals surface area contributed by atoms with Crippen molar-refractivity contribution in [3.05, 3.63) is 59.9 Å². The van der Waals surface area contributed by atoms with Crippen LogP contribution >= 0.6 is 0 Å². The second-order valence-electron chi connectivity index (χ2n) is 6.46. The van der Waals surface area contributed by atoms with Gasteiger partial charge in [-0.15, -0.1) is 0 Å². The molecule has 1 heterocycles. The summed E-state index contributed by atoms with van der Waals surface area (Å²) in [6.07, 6.45) is 3.08. The monoisotopic (exact) mass is 364 g/mol. The Bertz CT molecular complexity index is 942. The number of fused-ring (bicyclic) bond motifs is 1. The molecule has 0 saturated heterocycles. The van der Waals surface area contributed by atoms with E-state index >= 15 is 0 Å². The highest BCUT2D eigenvalue weighted by Crippen LogP contribution is 2.31. The molecule has 2 N–H and O–H groups in total. The molecule has 5 heteroatoms. The van der Waals surface area contributed by atoms with Gasteiger partial charge in [0.05, 0.1) is 0 Å². The Morgan fingerprint density at radius 1 is 0.963 bits per heavy atom. The number of carbonyl (C=O) groups excluding carboxylic acids is 2. The summed E-state index contributed by atoms with van der Waals surface area (Å²) in [5.74, 6) is -0.397. The van der Waals surface area contributed by atoms with E-state index < -0.39 is 0 Å². The topological polar surface area (TPSA) is 71.3 Å². The normalized spacial score (nSPS) is 10.7. The van der Waals surface area contributed by atoms with Crippen molar-refractivity contribution >= 4 is 34.2 Å². The number of amides is 2. The highest BCUT2D eigenvalue weighted by molar-refractivity contribution is 6.14. The van der Waals surface area contributed by atoms with E-state index in [4.69, 9.17) is 4.42 Å². The Hall–Kier alpha value is -3.08. The smallest absolute Gasteiger partial charge is 0.293 e. The van der Waals surface area contributed by atoms with Crippen molar-refractivity contribution < 1.29 is 14.0 Å². The number of rotatable bonds is 7. The molecule has 0 bridgehead atoms. The fraction of sp³-hybridized carbons (Fsp3) is 0.273. The number of hydrogen-bond donors (Lipinski definition) is 2. The van der Waals surface area contributed by atoms with Crippen LogP contribution in [0.1, 0.15) is 49.2 Å². The number of nitrogens with one attached hydrogen (secondary N) is 2. The Morgan fingerprint density at radius 3 is 2.41 bits per heavy atom. The standard InChI is InChI=1S/C22H24N2O3/c1-3-5-10-19(25)24-20-17-8-6-7-9-18(17)27-21(20)22(26)23-16-13-11-15(4-2)12-14-16/h6-9,11-14H,3-5,10H2,1-2H3,(H,23,26)(H,24,25). The van der Waals surface area contributed by atoms with E-state index in [0.717, 1.165) is 19.3 Å². The molecule has 1 aromatic heterocycles. The van der Waals surface area contributed by atoms with Gasteiger partial charge < -0.3 is 15.1 Å². The van der Waals surface area contributed by atoms with Crippen molar-refractivity contribution in [2.45, 2.75) is 39.5 Å². The SMILES string of the molecule is CCCCC(=O)Nc1c(C(=O)Nc2ccc(CC)cc2)oc2ccccc12. The van der Waals surface area contributed by atoms with Crippen LogP contribution in [-0.2, 0) is 11.2 Å². The summed E-state index contributed by atoms with van der Waals surface area (Å²) in [4.78, 5) is 25.0. The molecule has 0 spiro atoms. The molecular formula is C22H24N2O3. The molecule has 0 aliphatic carbocycles. The zero-order valence-electron chi connectivity index (χ0n) is 15.7. The van der Waals surface area contributed by atoms with Crippen LogP contribution in [0.15, 0.2) is 52.9 Å². The molecule has 3 aromatic rings. The van der Waals surface area contributed by atoms with Crippen molar-refractivity contribution in [1.82, 2.24) is 0 Å². The van der Waals surface area contributed by atoms with Crippen LogP contribution in [-0.4, -0.2) is 11.8 Å². The van der Waals surface area contributed by atoms with E-state index in [9.17, 15) is 9.59 Å². The van der Waals surface area contributed by atoms with Gasteiger partial charge in [-0.2, -0.15) is 0 Å². The molecule has 0 atom stereocenters. The summed E-state index contributed by atoms with van der Waals surface area (Å²) in [5.41, 5.74) is 2.87. The molecule has 0 unspecified atom stereocenters. The third-order valence-corrected chi connectivity index (χ3v) is 4.44. The number of anilines is 2. The Balaban J connectivity index is 1.88. The van der Waals surface area contributed by atoms with E-state index in [-0.39, 0.29) is 17.6 Å². The lowest BCUT2D eigenvalue weighted by atomic mass is 10.1. The zero-order valence-corrected chi connectivity index (χ0v) is 15.7. The van der Waals surface area contributed by atoms with E-state index in [1.165, 1.54) is 5.56 Å². The van der Waals surface area contributed by atoms with Crippen LogP contribution in [0.5, 0.6) is 0 Å². The van der Waals surface area contributed by atoms with Gasteiger partial charge in [0, 0.05) is 17.5 Å². The fourth-order valence-electron chi connectivity index (χ4n) is 2.88. The number of aryl methyl sites for hydroxylation is 1. The number of carbonyl (C=O) groups is 2. The molecule has 2 amide bonds. The highest BCUT2D eigenvalue weighted by Gasteiger charge is 2.22. The summed E-state index contributed by atoms with van der Waals surface area (Å²) in [5, 5.41) is 6.42. The summed E-state index contributed by atoms with van der Waals surface area (Å²) in [6.45, 7) is 4.11. The van der Waals surface area contributed by atoms with E-state index in [2.05, 4.69) is 17.6 Å². The Labute approximate surface area is 158 Å². The molecule has 0 aliphatic rings. The first-order valence-corrected chi connectivity index (χ1v) is 9.34. The molecule has 0 fully saturated rings. The third-order valence-electron chi connectivity index (χ3n) is 4.44. The molecule has 0 saturated carbocycles. The van der Waals surface area contributed by atoms with Gasteiger partial charge >= 0.3 is 0 Å². The number of furan rings is 1. The van der Waals surface area contributed by atoms with Crippen LogP contribution in [0.3, 0.4) is 0 Å². The minimum absolute atomic E-state index is 0.112. The average Bonchev–Trinajstić information content (AvgIpc) is 3.05. The van der Waals surface area contributed by atoms with Gasteiger partial charge in [-0.05, 0) is 42.7 Å². The van der Waals surface area contributed by atoms with Crippen molar-refractivity contribution in [3.63, 3.8) is 0 Å².